The Bertz CT molecular complexity index is 1270. The van der Waals surface area contributed by atoms with Gasteiger partial charge in [-0.25, -0.2) is 9.87 Å². The van der Waals surface area contributed by atoms with E-state index < -0.39 is 11.7 Å². The van der Waals surface area contributed by atoms with Gasteiger partial charge in [-0.15, -0.1) is 0 Å². The Balaban J connectivity index is 1.44. The van der Waals surface area contributed by atoms with Crippen molar-refractivity contribution in [1.29, 1.82) is 0 Å². The standard InChI is InChI=1S/C27H24FN3O4/c28-22-3-1-2-21(15-22)24(27(34)30-23-12-13-23)14-17-4-8-19(9-5-17)25(32)29-16-18-6-10-20(11-7-18)26(33)31-35/h1-11,14-15,23,35H,12-13,16H2,(H,29,32)(H,30,34)(H,31,33)/b24-14-. The monoisotopic (exact) mass is 473 g/mol. The lowest BCUT2D eigenvalue weighted by Gasteiger charge is -2.10. The van der Waals surface area contributed by atoms with E-state index in [0.717, 1.165) is 18.4 Å². The Morgan fingerprint density at radius 1 is 0.886 bits per heavy atom. The van der Waals surface area contributed by atoms with Gasteiger partial charge in [0, 0.05) is 29.3 Å². The van der Waals surface area contributed by atoms with Crippen LogP contribution in [-0.4, -0.2) is 29.0 Å². The summed E-state index contributed by atoms with van der Waals surface area (Å²) in [5, 5.41) is 14.4. The van der Waals surface area contributed by atoms with Crippen molar-refractivity contribution < 1.29 is 24.0 Å². The topological polar surface area (TPSA) is 108 Å². The summed E-state index contributed by atoms with van der Waals surface area (Å²) in [5.74, 6) is -1.58. The average Bonchev–Trinajstić information content (AvgIpc) is 3.70. The average molecular weight is 474 g/mol. The summed E-state index contributed by atoms with van der Waals surface area (Å²) < 4.78 is 13.8. The van der Waals surface area contributed by atoms with Gasteiger partial charge < -0.3 is 10.6 Å². The molecule has 3 aromatic carbocycles. The third kappa shape index (κ3) is 6.39. The van der Waals surface area contributed by atoms with Crippen LogP contribution in [0, 0.1) is 5.82 Å². The van der Waals surface area contributed by atoms with E-state index in [2.05, 4.69) is 10.6 Å². The van der Waals surface area contributed by atoms with Crippen molar-refractivity contribution in [3.63, 3.8) is 0 Å². The second-order valence-corrected chi connectivity index (χ2v) is 8.26. The van der Waals surface area contributed by atoms with Gasteiger partial charge in [-0.2, -0.15) is 0 Å². The molecule has 0 atom stereocenters. The fourth-order valence-electron chi connectivity index (χ4n) is 3.45. The number of hydrogen-bond donors (Lipinski definition) is 4. The van der Waals surface area contributed by atoms with Crippen LogP contribution in [-0.2, 0) is 11.3 Å². The number of halogens is 1. The molecule has 35 heavy (non-hydrogen) atoms. The zero-order valence-corrected chi connectivity index (χ0v) is 18.8. The Hall–Kier alpha value is -4.30. The predicted octanol–water partition coefficient (Wildman–Crippen LogP) is 3.69. The third-order valence-electron chi connectivity index (χ3n) is 5.55. The lowest BCUT2D eigenvalue weighted by atomic mass is 10.0. The highest BCUT2D eigenvalue weighted by Gasteiger charge is 2.25. The van der Waals surface area contributed by atoms with Gasteiger partial charge in [0.25, 0.3) is 17.7 Å². The van der Waals surface area contributed by atoms with Crippen molar-refractivity contribution in [2.24, 2.45) is 0 Å². The van der Waals surface area contributed by atoms with Crippen LogP contribution in [0.2, 0.25) is 0 Å². The van der Waals surface area contributed by atoms with Crippen molar-refractivity contribution in [3.05, 3.63) is 106 Å². The van der Waals surface area contributed by atoms with Gasteiger partial charge in [0.2, 0.25) is 0 Å². The second-order valence-electron chi connectivity index (χ2n) is 8.26. The quantitative estimate of drug-likeness (QED) is 0.173. The second kappa shape index (κ2) is 10.8. The number of carbonyl (C=O) groups excluding carboxylic acids is 3. The Morgan fingerprint density at radius 3 is 2.17 bits per heavy atom. The van der Waals surface area contributed by atoms with Gasteiger partial charge in [0.15, 0.2) is 0 Å². The van der Waals surface area contributed by atoms with Gasteiger partial charge >= 0.3 is 0 Å². The highest BCUT2D eigenvalue weighted by Crippen LogP contribution is 2.24. The van der Waals surface area contributed by atoms with Crippen LogP contribution in [0.1, 0.15) is 50.2 Å². The molecule has 7 nitrogen and oxygen atoms in total. The van der Waals surface area contributed by atoms with Crippen LogP contribution in [0.4, 0.5) is 4.39 Å². The first-order valence-corrected chi connectivity index (χ1v) is 11.1. The van der Waals surface area contributed by atoms with E-state index in [0.29, 0.717) is 27.8 Å². The number of rotatable bonds is 8. The zero-order chi connectivity index (χ0) is 24.8. The Morgan fingerprint density at radius 2 is 1.54 bits per heavy atom. The molecule has 1 aliphatic rings. The highest BCUT2D eigenvalue weighted by atomic mass is 19.1. The van der Waals surface area contributed by atoms with Crippen molar-refractivity contribution >= 4 is 29.4 Å². The molecule has 1 fully saturated rings. The maximum absolute atomic E-state index is 13.8. The molecule has 0 aliphatic heterocycles. The predicted molar refractivity (Wildman–Crippen MR) is 129 cm³/mol. The molecule has 0 radical (unpaired) electrons. The first-order chi connectivity index (χ1) is 16.9. The smallest absolute Gasteiger partial charge is 0.274 e. The lowest BCUT2D eigenvalue weighted by Crippen LogP contribution is -2.26. The minimum absolute atomic E-state index is 0.161. The summed E-state index contributed by atoms with van der Waals surface area (Å²) in [4.78, 5) is 36.7. The molecule has 3 aromatic rings. The van der Waals surface area contributed by atoms with Crippen LogP contribution in [0.25, 0.3) is 11.6 Å². The normalized spacial score (nSPS) is 13.1. The fraction of sp³-hybridized carbons (Fsp3) is 0.148. The summed E-state index contributed by atoms with van der Waals surface area (Å²) in [6.07, 6.45) is 3.56. The maximum Gasteiger partial charge on any atom is 0.274 e. The van der Waals surface area contributed by atoms with E-state index in [1.54, 1.807) is 72.2 Å². The third-order valence-corrected chi connectivity index (χ3v) is 5.55. The minimum atomic E-state index is -0.611. The molecule has 4 N–H and O–H groups in total. The van der Waals surface area contributed by atoms with Crippen molar-refractivity contribution in [2.45, 2.75) is 25.4 Å². The Kier molecular flexibility index (Phi) is 7.32. The molecule has 3 amide bonds. The van der Waals surface area contributed by atoms with Crippen LogP contribution in [0.15, 0.2) is 72.8 Å². The number of benzene rings is 3. The molecule has 0 saturated heterocycles. The molecular weight excluding hydrogens is 449 g/mol. The largest absolute Gasteiger partial charge is 0.349 e. The molecule has 4 rings (SSSR count). The first-order valence-electron chi connectivity index (χ1n) is 11.1. The number of nitrogens with one attached hydrogen (secondary N) is 3. The lowest BCUT2D eigenvalue weighted by molar-refractivity contribution is -0.115. The first kappa shape index (κ1) is 23.8. The van der Waals surface area contributed by atoms with Crippen molar-refractivity contribution in [3.8, 4) is 0 Å². The van der Waals surface area contributed by atoms with Crippen LogP contribution in [0.5, 0.6) is 0 Å². The molecule has 0 bridgehead atoms. The highest BCUT2D eigenvalue weighted by molar-refractivity contribution is 6.24. The van der Waals surface area contributed by atoms with Crippen molar-refractivity contribution in [1.82, 2.24) is 16.1 Å². The van der Waals surface area contributed by atoms with Gasteiger partial charge in [-0.3, -0.25) is 19.6 Å². The van der Waals surface area contributed by atoms with E-state index >= 15 is 0 Å². The zero-order valence-electron chi connectivity index (χ0n) is 18.8. The molecule has 8 heteroatoms. The summed E-state index contributed by atoms with van der Waals surface area (Å²) >= 11 is 0. The van der Waals surface area contributed by atoms with Crippen molar-refractivity contribution in [2.75, 3.05) is 0 Å². The summed E-state index contributed by atoms with van der Waals surface area (Å²) in [6, 6.07) is 19.3. The van der Waals surface area contributed by atoms with E-state index in [4.69, 9.17) is 5.21 Å². The fourth-order valence-corrected chi connectivity index (χ4v) is 3.45. The maximum atomic E-state index is 13.8. The summed E-state index contributed by atoms with van der Waals surface area (Å²) in [6.45, 7) is 0.257. The van der Waals surface area contributed by atoms with E-state index in [9.17, 15) is 18.8 Å². The molecule has 1 aliphatic carbocycles. The van der Waals surface area contributed by atoms with Gasteiger partial charge in [0.1, 0.15) is 5.82 Å². The molecular formula is C27H24FN3O4. The van der Waals surface area contributed by atoms with E-state index in [1.165, 1.54) is 12.1 Å². The molecule has 178 valence electrons. The molecule has 0 heterocycles. The van der Waals surface area contributed by atoms with E-state index in [-0.39, 0.29) is 24.4 Å². The minimum Gasteiger partial charge on any atom is -0.349 e. The van der Waals surface area contributed by atoms with E-state index in [1.807, 2.05) is 0 Å². The number of amides is 3. The van der Waals surface area contributed by atoms with Crippen LogP contribution >= 0.6 is 0 Å². The number of hydroxylamine groups is 1. The summed E-state index contributed by atoms with van der Waals surface area (Å²) in [7, 11) is 0. The molecule has 0 spiro atoms. The van der Waals surface area contributed by atoms with Crippen LogP contribution < -0.4 is 16.1 Å². The van der Waals surface area contributed by atoms with Gasteiger partial charge in [0.05, 0.1) is 0 Å². The number of hydrogen-bond acceptors (Lipinski definition) is 4. The molecule has 1 saturated carbocycles. The Labute approximate surface area is 201 Å². The van der Waals surface area contributed by atoms with Crippen LogP contribution in [0.3, 0.4) is 0 Å². The summed E-state index contributed by atoms with van der Waals surface area (Å²) in [5.41, 5.74) is 4.62. The molecule has 0 aromatic heterocycles. The SMILES string of the molecule is O=C(NC1CC1)/C(=C\c1ccc(C(=O)NCc2ccc(C(=O)NO)cc2)cc1)c1cccc(F)c1. The molecule has 0 unspecified atom stereocenters. The van der Waals surface area contributed by atoms with Gasteiger partial charge in [-0.05, 0) is 72.0 Å². The number of carbonyl (C=O) groups is 3. The van der Waals surface area contributed by atoms with Gasteiger partial charge in [-0.1, -0.05) is 36.4 Å².